The van der Waals surface area contributed by atoms with Gasteiger partial charge in [0.05, 0.1) is 14.2 Å². The zero-order chi connectivity index (χ0) is 19.9. The molecule has 3 rings (SSSR count). The van der Waals surface area contributed by atoms with Gasteiger partial charge in [0.25, 0.3) is 0 Å². The van der Waals surface area contributed by atoms with E-state index >= 15 is 0 Å². The molecule has 28 heavy (non-hydrogen) atoms. The third-order valence-electron chi connectivity index (χ3n) is 4.24. The van der Waals surface area contributed by atoms with Crippen molar-refractivity contribution in [1.29, 1.82) is 0 Å². The number of methoxy groups -OCH3 is 2. The molecule has 0 aliphatic carbocycles. The standard InChI is InChI=1S/C21H25N5O2/c1-26(2)17-8-6-16(7-9-17)25-21-12-20(23-14-24-21)22-13-15-5-10-18(27-3)19(11-15)28-4/h5-12,14H,13H2,1-4H3,(H2,22,23,24,25). The Balaban J connectivity index is 1.65. The zero-order valence-electron chi connectivity index (χ0n) is 16.6. The van der Waals surface area contributed by atoms with Crippen LogP contribution >= 0.6 is 0 Å². The van der Waals surface area contributed by atoms with E-state index in [2.05, 4.69) is 37.6 Å². The van der Waals surface area contributed by atoms with Crippen LogP contribution in [0.1, 0.15) is 5.56 Å². The molecule has 2 N–H and O–H groups in total. The predicted octanol–water partition coefficient (Wildman–Crippen LogP) is 3.92. The van der Waals surface area contributed by atoms with Crippen LogP contribution in [0, 0.1) is 0 Å². The van der Waals surface area contributed by atoms with Gasteiger partial charge >= 0.3 is 0 Å². The highest BCUT2D eigenvalue weighted by Crippen LogP contribution is 2.28. The van der Waals surface area contributed by atoms with Crippen LogP contribution in [0.3, 0.4) is 0 Å². The van der Waals surface area contributed by atoms with Crippen molar-refractivity contribution < 1.29 is 9.47 Å². The summed E-state index contributed by atoms with van der Waals surface area (Å²) in [6, 6.07) is 15.8. The van der Waals surface area contributed by atoms with Gasteiger partial charge in [0.15, 0.2) is 11.5 Å². The van der Waals surface area contributed by atoms with E-state index < -0.39 is 0 Å². The molecule has 1 aromatic heterocycles. The first-order chi connectivity index (χ1) is 13.6. The molecule has 0 radical (unpaired) electrons. The normalized spacial score (nSPS) is 10.3. The van der Waals surface area contributed by atoms with Crippen LogP contribution < -0.4 is 25.0 Å². The second kappa shape index (κ2) is 8.94. The smallest absolute Gasteiger partial charge is 0.161 e. The lowest BCUT2D eigenvalue weighted by atomic mass is 10.2. The van der Waals surface area contributed by atoms with Crippen LogP contribution in [0.5, 0.6) is 11.5 Å². The maximum atomic E-state index is 5.35. The Morgan fingerprint density at radius 3 is 2.25 bits per heavy atom. The number of benzene rings is 2. The molecule has 2 aromatic carbocycles. The van der Waals surface area contributed by atoms with Gasteiger partial charge in [-0.15, -0.1) is 0 Å². The van der Waals surface area contributed by atoms with E-state index in [9.17, 15) is 0 Å². The Hall–Kier alpha value is -3.48. The van der Waals surface area contributed by atoms with Gasteiger partial charge in [-0.25, -0.2) is 9.97 Å². The molecule has 0 bridgehead atoms. The number of anilines is 4. The molecule has 0 unspecified atom stereocenters. The first-order valence-corrected chi connectivity index (χ1v) is 8.90. The van der Waals surface area contributed by atoms with E-state index in [4.69, 9.17) is 9.47 Å². The highest BCUT2D eigenvalue weighted by atomic mass is 16.5. The minimum absolute atomic E-state index is 0.605. The first-order valence-electron chi connectivity index (χ1n) is 8.90. The Morgan fingerprint density at radius 2 is 1.57 bits per heavy atom. The topological polar surface area (TPSA) is 71.5 Å². The van der Waals surface area contributed by atoms with Gasteiger partial charge in [-0.3, -0.25) is 0 Å². The second-order valence-corrected chi connectivity index (χ2v) is 6.40. The lowest BCUT2D eigenvalue weighted by Gasteiger charge is -2.13. The first kappa shape index (κ1) is 19.3. The number of hydrogen-bond acceptors (Lipinski definition) is 7. The molecule has 0 saturated carbocycles. The summed E-state index contributed by atoms with van der Waals surface area (Å²) in [4.78, 5) is 10.6. The van der Waals surface area contributed by atoms with Gasteiger partial charge < -0.3 is 25.0 Å². The molecule has 7 heteroatoms. The monoisotopic (exact) mass is 379 g/mol. The molecular formula is C21H25N5O2. The number of hydrogen-bond donors (Lipinski definition) is 2. The van der Waals surface area contributed by atoms with E-state index in [1.54, 1.807) is 14.2 Å². The van der Waals surface area contributed by atoms with Crippen molar-refractivity contribution in [2.45, 2.75) is 6.54 Å². The molecule has 0 atom stereocenters. The number of aromatic nitrogens is 2. The quantitative estimate of drug-likeness (QED) is 0.615. The molecule has 0 spiro atoms. The van der Waals surface area contributed by atoms with Crippen LogP contribution in [0.25, 0.3) is 0 Å². The molecule has 0 aliphatic rings. The van der Waals surface area contributed by atoms with E-state index in [1.165, 1.54) is 6.33 Å². The molecule has 0 aliphatic heterocycles. The summed E-state index contributed by atoms with van der Waals surface area (Å²) in [5.41, 5.74) is 3.17. The van der Waals surface area contributed by atoms with E-state index in [0.717, 1.165) is 28.6 Å². The van der Waals surface area contributed by atoms with Crippen LogP contribution in [0.15, 0.2) is 54.9 Å². The van der Waals surface area contributed by atoms with Crippen molar-refractivity contribution in [2.24, 2.45) is 0 Å². The van der Waals surface area contributed by atoms with Crippen LogP contribution in [0.4, 0.5) is 23.0 Å². The van der Waals surface area contributed by atoms with Gasteiger partial charge in [0.2, 0.25) is 0 Å². The van der Waals surface area contributed by atoms with Gasteiger partial charge in [-0.1, -0.05) is 6.07 Å². The minimum atomic E-state index is 0.605. The zero-order valence-corrected chi connectivity index (χ0v) is 16.6. The van der Waals surface area contributed by atoms with Crippen LogP contribution in [-0.4, -0.2) is 38.3 Å². The molecule has 7 nitrogen and oxygen atoms in total. The maximum Gasteiger partial charge on any atom is 0.161 e. The molecule has 0 fully saturated rings. The van der Waals surface area contributed by atoms with Crippen molar-refractivity contribution >= 4 is 23.0 Å². The SMILES string of the molecule is COc1ccc(CNc2cc(Nc3ccc(N(C)C)cc3)ncn2)cc1OC. The lowest BCUT2D eigenvalue weighted by molar-refractivity contribution is 0.354. The van der Waals surface area contributed by atoms with Crippen molar-refractivity contribution in [1.82, 2.24) is 9.97 Å². The van der Waals surface area contributed by atoms with Crippen molar-refractivity contribution in [2.75, 3.05) is 43.8 Å². The number of nitrogens with one attached hydrogen (secondary N) is 2. The number of rotatable bonds is 8. The third kappa shape index (κ3) is 4.82. The minimum Gasteiger partial charge on any atom is -0.493 e. The van der Waals surface area contributed by atoms with E-state index in [0.29, 0.717) is 18.0 Å². The van der Waals surface area contributed by atoms with Gasteiger partial charge in [0, 0.05) is 38.1 Å². The highest BCUT2D eigenvalue weighted by Gasteiger charge is 2.05. The number of nitrogens with zero attached hydrogens (tertiary/aromatic N) is 3. The Labute approximate surface area is 165 Å². The molecule has 146 valence electrons. The molecule has 3 aromatic rings. The van der Waals surface area contributed by atoms with Gasteiger partial charge in [-0.2, -0.15) is 0 Å². The highest BCUT2D eigenvalue weighted by molar-refractivity contribution is 5.62. The van der Waals surface area contributed by atoms with Crippen molar-refractivity contribution in [3.05, 3.63) is 60.4 Å². The summed E-state index contributed by atoms with van der Waals surface area (Å²) in [6.45, 7) is 0.605. The van der Waals surface area contributed by atoms with Gasteiger partial charge in [0.1, 0.15) is 18.0 Å². The van der Waals surface area contributed by atoms with E-state index in [-0.39, 0.29) is 0 Å². The fourth-order valence-corrected chi connectivity index (χ4v) is 2.70. The Kier molecular flexibility index (Phi) is 6.16. The fourth-order valence-electron chi connectivity index (χ4n) is 2.70. The maximum absolute atomic E-state index is 5.35. The van der Waals surface area contributed by atoms with Crippen molar-refractivity contribution in [3.8, 4) is 11.5 Å². The third-order valence-corrected chi connectivity index (χ3v) is 4.24. The number of ether oxygens (including phenoxy) is 2. The Bertz CT molecular complexity index is 913. The average Bonchev–Trinajstić information content (AvgIpc) is 2.72. The molecular weight excluding hydrogens is 354 g/mol. The predicted molar refractivity (Wildman–Crippen MR) is 113 cm³/mol. The van der Waals surface area contributed by atoms with Gasteiger partial charge in [-0.05, 0) is 42.0 Å². The second-order valence-electron chi connectivity index (χ2n) is 6.40. The summed E-state index contributed by atoms with van der Waals surface area (Å²) in [5.74, 6) is 2.87. The summed E-state index contributed by atoms with van der Waals surface area (Å²) in [6.07, 6.45) is 1.54. The largest absolute Gasteiger partial charge is 0.493 e. The molecule has 0 saturated heterocycles. The molecule has 1 heterocycles. The summed E-state index contributed by atoms with van der Waals surface area (Å²) in [5, 5.41) is 6.60. The lowest BCUT2D eigenvalue weighted by Crippen LogP contribution is -2.08. The summed E-state index contributed by atoms with van der Waals surface area (Å²) in [7, 11) is 7.29. The van der Waals surface area contributed by atoms with Crippen LogP contribution in [-0.2, 0) is 6.54 Å². The van der Waals surface area contributed by atoms with E-state index in [1.807, 2.05) is 50.5 Å². The average molecular weight is 379 g/mol. The van der Waals surface area contributed by atoms with Crippen LogP contribution in [0.2, 0.25) is 0 Å². The fraction of sp³-hybridized carbons (Fsp3) is 0.238. The molecule has 0 amide bonds. The van der Waals surface area contributed by atoms with Crippen molar-refractivity contribution in [3.63, 3.8) is 0 Å². The summed E-state index contributed by atoms with van der Waals surface area (Å²) >= 11 is 0. The summed E-state index contributed by atoms with van der Waals surface area (Å²) < 4.78 is 10.6. The Morgan fingerprint density at radius 1 is 0.857 bits per heavy atom.